The first-order chi connectivity index (χ1) is 30.8. The summed E-state index contributed by atoms with van der Waals surface area (Å²) in [6.07, 6.45) is 9.32. The minimum Gasteiger partial charge on any atom is -0.397 e. The van der Waals surface area contributed by atoms with E-state index in [4.69, 9.17) is 52.1 Å². The molecule has 0 aliphatic carbocycles. The van der Waals surface area contributed by atoms with Crippen molar-refractivity contribution in [3.05, 3.63) is 114 Å². The van der Waals surface area contributed by atoms with Gasteiger partial charge in [0.25, 0.3) is 5.69 Å². The Labute approximate surface area is 395 Å². The summed E-state index contributed by atoms with van der Waals surface area (Å²) in [6, 6.07) is 14.9. The van der Waals surface area contributed by atoms with Crippen LogP contribution in [0.4, 0.5) is 31.8 Å². The average molecular weight is 963 g/mol. The van der Waals surface area contributed by atoms with E-state index in [2.05, 4.69) is 53.2 Å². The van der Waals surface area contributed by atoms with Crippen LogP contribution in [0.5, 0.6) is 0 Å². The highest BCUT2D eigenvalue weighted by atomic mass is 35.5. The zero-order chi connectivity index (χ0) is 45.5. The molecule has 0 unspecified atom stereocenters. The summed E-state index contributed by atoms with van der Waals surface area (Å²) in [4.78, 5) is 33.6. The highest BCUT2D eigenvalue weighted by Crippen LogP contribution is 2.33. The third-order valence-corrected chi connectivity index (χ3v) is 14.4. The molecule has 2 atom stereocenters. The van der Waals surface area contributed by atoms with Gasteiger partial charge < -0.3 is 15.5 Å². The number of benzene rings is 2. The van der Waals surface area contributed by atoms with Crippen molar-refractivity contribution in [2.75, 3.05) is 81.0 Å². The van der Waals surface area contributed by atoms with Crippen molar-refractivity contribution in [3.63, 3.8) is 0 Å². The van der Waals surface area contributed by atoms with Crippen LogP contribution in [0.2, 0.25) is 20.1 Å². The number of piperazine rings is 2. The molecule has 6 heterocycles. The first-order valence-corrected chi connectivity index (χ1v) is 23.9. The summed E-state index contributed by atoms with van der Waals surface area (Å²) >= 11 is 24.5. The van der Waals surface area contributed by atoms with E-state index in [1.807, 2.05) is 0 Å². The maximum absolute atomic E-state index is 14.2. The molecule has 0 saturated carbocycles. The van der Waals surface area contributed by atoms with Crippen molar-refractivity contribution in [2.24, 2.45) is 0 Å². The normalized spacial score (nSPS) is 21.2. The third kappa shape index (κ3) is 12.0. The lowest BCUT2D eigenvalue weighted by molar-refractivity contribution is -0.385. The van der Waals surface area contributed by atoms with Gasteiger partial charge in [0.1, 0.15) is 29.5 Å². The molecule has 0 radical (unpaired) electrons. The molecule has 0 amide bonds. The van der Waals surface area contributed by atoms with Gasteiger partial charge in [-0.05, 0) is 95.0 Å². The largest absolute Gasteiger partial charge is 0.397 e. The molecule has 64 heavy (non-hydrogen) atoms. The maximum atomic E-state index is 14.2. The van der Waals surface area contributed by atoms with Crippen LogP contribution >= 0.6 is 46.4 Å². The Morgan fingerprint density at radius 1 is 0.656 bits per heavy atom. The van der Waals surface area contributed by atoms with Crippen LogP contribution in [-0.2, 0) is 13.1 Å². The Morgan fingerprint density at radius 3 is 1.48 bits per heavy atom. The number of nitrogen functional groups attached to an aromatic ring is 1. The molecule has 4 aliphatic heterocycles. The van der Waals surface area contributed by atoms with Gasteiger partial charge in [-0.1, -0.05) is 72.4 Å². The number of halogens is 6. The molecule has 8 rings (SSSR count). The van der Waals surface area contributed by atoms with E-state index in [0.29, 0.717) is 74.4 Å². The maximum Gasteiger partial charge on any atom is 0.289 e. The number of nitrogens with two attached hydrogens (primary N) is 1. The smallest absolute Gasteiger partial charge is 0.289 e. The zero-order valence-corrected chi connectivity index (χ0v) is 39.5. The summed E-state index contributed by atoms with van der Waals surface area (Å²) in [6.45, 7) is 14.8. The molecular formula is C46H58Cl4F2N10O2. The molecule has 12 nitrogen and oxygen atoms in total. The molecule has 18 heteroatoms. The van der Waals surface area contributed by atoms with Crippen LogP contribution in [0.3, 0.4) is 0 Å². The predicted molar refractivity (Wildman–Crippen MR) is 255 cm³/mol. The number of pyridine rings is 2. The minimum absolute atomic E-state index is 0.0975. The topological polar surface area (TPSA) is 114 Å². The second kappa shape index (κ2) is 22.3. The molecule has 346 valence electrons. The molecule has 4 aliphatic rings. The van der Waals surface area contributed by atoms with E-state index in [9.17, 15) is 18.9 Å². The van der Waals surface area contributed by atoms with Gasteiger partial charge in [0.15, 0.2) is 0 Å². The first kappa shape index (κ1) is 48.3. The number of piperidine rings is 2. The van der Waals surface area contributed by atoms with Gasteiger partial charge in [-0.25, -0.2) is 18.7 Å². The summed E-state index contributed by atoms with van der Waals surface area (Å²) in [7, 11) is 0. The van der Waals surface area contributed by atoms with E-state index < -0.39 is 4.92 Å². The molecule has 4 saturated heterocycles. The lowest BCUT2D eigenvalue weighted by atomic mass is 9.97. The molecule has 0 spiro atoms. The quantitative estimate of drug-likeness (QED) is 0.115. The fourth-order valence-electron chi connectivity index (χ4n) is 9.84. The fraction of sp³-hybridized carbons (Fsp3) is 0.522. The molecule has 2 aromatic carbocycles. The van der Waals surface area contributed by atoms with Crippen molar-refractivity contribution in [2.45, 2.75) is 89.6 Å². The molecule has 4 fully saturated rings. The molecule has 2 N–H and O–H groups in total. The summed E-state index contributed by atoms with van der Waals surface area (Å²) in [5.74, 6) is 0.978. The van der Waals surface area contributed by atoms with Crippen molar-refractivity contribution >= 4 is 69.4 Å². The van der Waals surface area contributed by atoms with Gasteiger partial charge in [0, 0.05) is 104 Å². The highest BCUT2D eigenvalue weighted by molar-refractivity contribution is 6.33. The van der Waals surface area contributed by atoms with Gasteiger partial charge >= 0.3 is 0 Å². The van der Waals surface area contributed by atoms with Crippen molar-refractivity contribution in [1.82, 2.24) is 29.6 Å². The van der Waals surface area contributed by atoms with Gasteiger partial charge in [-0.3, -0.25) is 29.7 Å². The zero-order valence-electron chi connectivity index (χ0n) is 36.5. The summed E-state index contributed by atoms with van der Waals surface area (Å²) in [5.41, 5.74) is 7.69. The third-order valence-electron chi connectivity index (χ3n) is 13.3. The van der Waals surface area contributed by atoms with Crippen LogP contribution in [0.1, 0.15) is 63.5 Å². The SMILES string of the molecule is CC[C@H]1CN(c2ncc(N)cc2Cl)CCN1C1CCN(Cc2ccc(Cl)cc2F)CC1.CC[C@H]1CN(c2ncc([N+](=O)[O-])cc2Cl)CCN1C1CCN(Cc2ccc(Cl)cc2F)CC1. The van der Waals surface area contributed by atoms with E-state index >= 15 is 0 Å². The van der Waals surface area contributed by atoms with E-state index in [1.165, 1.54) is 24.4 Å². The van der Waals surface area contributed by atoms with Gasteiger partial charge in [0.2, 0.25) is 0 Å². The van der Waals surface area contributed by atoms with Crippen molar-refractivity contribution in [3.8, 4) is 0 Å². The Balaban J connectivity index is 0.000000192. The highest BCUT2D eigenvalue weighted by Gasteiger charge is 2.36. The van der Waals surface area contributed by atoms with Crippen molar-refractivity contribution < 1.29 is 13.7 Å². The lowest BCUT2D eigenvalue weighted by Gasteiger charge is -2.47. The second-order valence-corrected chi connectivity index (χ2v) is 19.0. The number of aromatic nitrogens is 2. The monoisotopic (exact) mass is 960 g/mol. The molecule has 2 aromatic heterocycles. The number of nitro groups is 1. The predicted octanol–water partition coefficient (Wildman–Crippen LogP) is 9.68. The summed E-state index contributed by atoms with van der Waals surface area (Å²) in [5, 5.41) is 12.8. The number of likely N-dealkylation sites (tertiary alicyclic amines) is 2. The second-order valence-electron chi connectivity index (χ2n) is 17.3. The number of hydrogen-bond donors (Lipinski definition) is 1. The van der Waals surface area contributed by atoms with Gasteiger partial charge in [-0.15, -0.1) is 0 Å². The van der Waals surface area contributed by atoms with Crippen LogP contribution in [0.15, 0.2) is 60.9 Å². The Bertz CT molecular complexity index is 2210. The Hall–Kier alpha value is -3.60. The average Bonchev–Trinajstić information content (AvgIpc) is 3.28. The van der Waals surface area contributed by atoms with Gasteiger partial charge in [-0.2, -0.15) is 0 Å². The van der Waals surface area contributed by atoms with E-state index in [-0.39, 0.29) is 17.3 Å². The van der Waals surface area contributed by atoms with E-state index in [1.54, 1.807) is 36.5 Å². The van der Waals surface area contributed by atoms with Crippen molar-refractivity contribution in [1.29, 1.82) is 0 Å². The fourth-order valence-corrected chi connectivity index (χ4v) is 10.7. The van der Waals surface area contributed by atoms with Crippen LogP contribution in [-0.4, -0.2) is 124 Å². The van der Waals surface area contributed by atoms with E-state index in [0.717, 1.165) is 115 Å². The number of hydrogen-bond acceptors (Lipinski definition) is 11. The molecule has 4 aromatic rings. The minimum atomic E-state index is -0.483. The lowest BCUT2D eigenvalue weighted by Crippen LogP contribution is -2.58. The molecule has 0 bridgehead atoms. The first-order valence-electron chi connectivity index (χ1n) is 22.3. The summed E-state index contributed by atoms with van der Waals surface area (Å²) < 4.78 is 28.3. The van der Waals surface area contributed by atoms with Crippen LogP contribution in [0, 0.1) is 21.7 Å². The molecular weight excluding hydrogens is 904 g/mol. The number of rotatable bonds is 11. The van der Waals surface area contributed by atoms with Crippen LogP contribution in [0.25, 0.3) is 0 Å². The van der Waals surface area contributed by atoms with Gasteiger partial charge in [0.05, 0.1) is 26.9 Å². The standard InChI is InChI=1S/C23H28Cl2FN5O2.C23H30Cl2FN5/c1-2-18-15-29(23-21(25)12-20(13-27-23)31(32)33)9-10-30(18)19-5-7-28(8-6-19)14-16-3-4-17(24)11-22(16)26;1-2-19-15-30(23-21(25)12-18(27)13-28-23)9-10-31(19)20-5-7-29(8-6-20)14-16-3-4-17(24)11-22(16)26/h3-4,11-13,18-19H,2,5-10,14-15H2,1H3;3-4,11-13,19-20H,2,5-10,14-15,27H2,1H3/t18-;19-/m00/s1. The Morgan fingerprint density at radius 2 is 1.09 bits per heavy atom. The number of anilines is 3. The number of nitrogens with zero attached hydrogens (tertiary/aromatic N) is 9. The Kier molecular flexibility index (Phi) is 16.8. The van der Waals surface area contributed by atoms with Crippen LogP contribution < -0.4 is 15.5 Å².